The third-order valence-electron chi connectivity index (χ3n) is 6.82. The normalized spacial score (nSPS) is 15.3. The predicted molar refractivity (Wildman–Crippen MR) is 143 cm³/mol. The summed E-state index contributed by atoms with van der Waals surface area (Å²) in [5.41, 5.74) is 6.64. The Kier molecular flexibility index (Phi) is 4.48. The molecule has 6 aromatic rings. The van der Waals surface area contributed by atoms with Crippen LogP contribution in [-0.2, 0) is 4.79 Å². The van der Waals surface area contributed by atoms with Gasteiger partial charge in [-0.15, -0.1) is 0 Å². The van der Waals surface area contributed by atoms with Gasteiger partial charge >= 0.3 is 0 Å². The van der Waals surface area contributed by atoms with Gasteiger partial charge in [0.05, 0.1) is 22.6 Å². The summed E-state index contributed by atoms with van der Waals surface area (Å²) in [4.78, 5) is 18.6. The van der Waals surface area contributed by atoms with Crippen LogP contribution in [0.1, 0.15) is 18.5 Å². The number of rotatable bonds is 3. The second kappa shape index (κ2) is 7.85. The van der Waals surface area contributed by atoms with Gasteiger partial charge in [-0.25, -0.2) is 4.98 Å². The van der Waals surface area contributed by atoms with E-state index in [4.69, 9.17) is 9.40 Å². The molecular formula is C30H22N4O2. The van der Waals surface area contributed by atoms with Crippen molar-refractivity contribution in [2.24, 2.45) is 0 Å². The molecule has 0 spiro atoms. The molecule has 1 amide bonds. The lowest BCUT2D eigenvalue weighted by atomic mass is 9.93. The molecule has 36 heavy (non-hydrogen) atoms. The van der Waals surface area contributed by atoms with Gasteiger partial charge in [-0.05, 0) is 55.0 Å². The van der Waals surface area contributed by atoms with E-state index < -0.39 is 0 Å². The highest BCUT2D eigenvalue weighted by Gasteiger charge is 2.34. The summed E-state index contributed by atoms with van der Waals surface area (Å²) in [5.74, 6) is 0.559. The number of hydrogen-bond donors (Lipinski definition) is 2. The molecule has 2 N–H and O–H groups in total. The van der Waals surface area contributed by atoms with Crippen LogP contribution in [0.25, 0.3) is 33.0 Å². The summed E-state index contributed by atoms with van der Waals surface area (Å²) in [6, 6.07) is 31.4. The lowest BCUT2D eigenvalue weighted by Crippen LogP contribution is -2.30. The second-order valence-electron chi connectivity index (χ2n) is 9.03. The van der Waals surface area contributed by atoms with Crippen molar-refractivity contribution in [3.8, 4) is 0 Å². The second-order valence-corrected chi connectivity index (χ2v) is 9.03. The van der Waals surface area contributed by atoms with E-state index in [0.717, 1.165) is 49.9 Å². The average Bonchev–Trinajstić information content (AvgIpc) is 3.46. The Hall–Kier alpha value is -4.84. The summed E-state index contributed by atoms with van der Waals surface area (Å²) in [6.07, 6.45) is 0. The highest BCUT2D eigenvalue weighted by molar-refractivity contribution is 6.08. The first kappa shape index (κ1) is 20.5. The van der Waals surface area contributed by atoms with E-state index in [1.165, 1.54) is 0 Å². The van der Waals surface area contributed by atoms with Crippen LogP contribution in [0, 0.1) is 0 Å². The number of amides is 1. The fourth-order valence-electron chi connectivity index (χ4n) is 5.21. The molecule has 0 saturated heterocycles. The van der Waals surface area contributed by atoms with Crippen molar-refractivity contribution in [2.45, 2.75) is 13.0 Å². The molecule has 6 nitrogen and oxygen atoms in total. The van der Waals surface area contributed by atoms with E-state index in [0.29, 0.717) is 11.5 Å². The van der Waals surface area contributed by atoms with Crippen molar-refractivity contribution < 1.29 is 9.21 Å². The molecule has 2 aromatic heterocycles. The van der Waals surface area contributed by atoms with Crippen LogP contribution in [0.2, 0.25) is 0 Å². The third kappa shape index (κ3) is 3.11. The number of allylic oxidation sites excluding steroid dienone is 1. The van der Waals surface area contributed by atoms with Crippen molar-refractivity contribution in [1.82, 2.24) is 9.55 Å². The van der Waals surface area contributed by atoms with Crippen molar-refractivity contribution in [2.75, 3.05) is 10.6 Å². The van der Waals surface area contributed by atoms with Gasteiger partial charge in [0.15, 0.2) is 0 Å². The maximum Gasteiger partial charge on any atom is 0.255 e. The van der Waals surface area contributed by atoms with Gasteiger partial charge in [0.1, 0.15) is 11.2 Å². The van der Waals surface area contributed by atoms with E-state index >= 15 is 0 Å². The molecule has 1 aliphatic heterocycles. The summed E-state index contributed by atoms with van der Waals surface area (Å²) in [6.45, 7) is 1.93. The van der Waals surface area contributed by atoms with Gasteiger partial charge in [0.2, 0.25) is 5.95 Å². The lowest BCUT2D eigenvalue weighted by Gasteiger charge is -2.30. The van der Waals surface area contributed by atoms with Gasteiger partial charge in [-0.3, -0.25) is 9.36 Å². The number of carbonyl (C=O) groups is 1. The fraction of sp³-hybridized carbons (Fsp3) is 0.0667. The van der Waals surface area contributed by atoms with E-state index in [1.807, 2.05) is 91.9 Å². The molecule has 1 aliphatic rings. The third-order valence-corrected chi connectivity index (χ3v) is 6.82. The maximum absolute atomic E-state index is 13.8. The summed E-state index contributed by atoms with van der Waals surface area (Å²) in [7, 11) is 0. The first-order valence-corrected chi connectivity index (χ1v) is 11.9. The Morgan fingerprint density at radius 3 is 2.53 bits per heavy atom. The molecular weight excluding hydrogens is 448 g/mol. The van der Waals surface area contributed by atoms with Gasteiger partial charge < -0.3 is 15.1 Å². The number of nitrogens with zero attached hydrogens (tertiary/aromatic N) is 2. The Bertz CT molecular complexity index is 1830. The maximum atomic E-state index is 13.8. The highest BCUT2D eigenvalue weighted by Crippen LogP contribution is 2.41. The molecule has 4 aromatic carbocycles. The van der Waals surface area contributed by atoms with Crippen LogP contribution in [0.3, 0.4) is 0 Å². The molecule has 6 heteroatoms. The topological polar surface area (TPSA) is 72.1 Å². The quantitative estimate of drug-likeness (QED) is 0.296. The molecule has 3 heterocycles. The molecule has 0 radical (unpaired) electrons. The van der Waals surface area contributed by atoms with E-state index in [-0.39, 0.29) is 11.9 Å². The molecule has 7 rings (SSSR count). The minimum absolute atomic E-state index is 0.156. The Morgan fingerprint density at radius 2 is 1.64 bits per heavy atom. The SMILES string of the molecule is CC1=C(C(=O)Nc2ccccc2)C(c2ccc3oc4ccccc4c3c2)n2c(nc3ccccc32)N1. The number of anilines is 2. The first-order valence-electron chi connectivity index (χ1n) is 11.9. The monoisotopic (exact) mass is 470 g/mol. The van der Waals surface area contributed by atoms with E-state index in [2.05, 4.69) is 27.3 Å². The van der Waals surface area contributed by atoms with Gasteiger partial charge in [-0.1, -0.05) is 54.6 Å². The fourth-order valence-corrected chi connectivity index (χ4v) is 5.21. The van der Waals surface area contributed by atoms with Crippen LogP contribution in [-0.4, -0.2) is 15.5 Å². The van der Waals surface area contributed by atoms with Crippen LogP contribution >= 0.6 is 0 Å². The summed E-state index contributed by atoms with van der Waals surface area (Å²) >= 11 is 0. The average molecular weight is 471 g/mol. The van der Waals surface area contributed by atoms with Crippen LogP contribution in [0.4, 0.5) is 11.6 Å². The van der Waals surface area contributed by atoms with Crippen molar-refractivity contribution >= 4 is 50.5 Å². The number of nitrogens with one attached hydrogen (secondary N) is 2. The molecule has 0 fully saturated rings. The van der Waals surface area contributed by atoms with Crippen LogP contribution in [0.15, 0.2) is 113 Å². The van der Waals surface area contributed by atoms with E-state index in [1.54, 1.807) is 0 Å². The molecule has 0 saturated carbocycles. The highest BCUT2D eigenvalue weighted by atomic mass is 16.3. The number of fused-ring (bicyclic) bond motifs is 6. The summed E-state index contributed by atoms with van der Waals surface area (Å²) < 4.78 is 8.19. The molecule has 0 aliphatic carbocycles. The van der Waals surface area contributed by atoms with Crippen molar-refractivity contribution in [1.29, 1.82) is 0 Å². The molecule has 1 atom stereocenters. The van der Waals surface area contributed by atoms with Crippen molar-refractivity contribution in [3.63, 3.8) is 0 Å². The van der Waals surface area contributed by atoms with Gasteiger partial charge in [0.25, 0.3) is 5.91 Å². The van der Waals surface area contributed by atoms with Crippen molar-refractivity contribution in [3.05, 3.63) is 114 Å². The Balaban J connectivity index is 1.45. The minimum Gasteiger partial charge on any atom is -0.456 e. The number of imidazole rings is 1. The predicted octanol–water partition coefficient (Wildman–Crippen LogP) is 6.86. The van der Waals surface area contributed by atoms with Crippen LogP contribution in [0.5, 0.6) is 0 Å². The number of carbonyl (C=O) groups excluding carboxylic acids is 1. The largest absolute Gasteiger partial charge is 0.456 e. The number of benzene rings is 4. The number of aromatic nitrogens is 2. The standard InChI is InChI=1S/C30H22N4O2/c1-18-27(29(35)32-20-9-3-2-4-10-20)28(34-24-13-7-6-12-23(24)33-30(34)31-18)19-15-16-26-22(17-19)21-11-5-8-14-25(21)36-26/h2-17,28H,1H3,(H,31,33)(H,32,35). The zero-order chi connectivity index (χ0) is 24.2. The zero-order valence-corrected chi connectivity index (χ0v) is 19.5. The molecule has 174 valence electrons. The van der Waals surface area contributed by atoms with Gasteiger partial charge in [0, 0.05) is 22.2 Å². The lowest BCUT2D eigenvalue weighted by molar-refractivity contribution is -0.113. The minimum atomic E-state index is -0.379. The molecule has 1 unspecified atom stereocenters. The Labute approximate surface area is 206 Å². The zero-order valence-electron chi connectivity index (χ0n) is 19.5. The Morgan fingerprint density at radius 1 is 0.889 bits per heavy atom. The number of hydrogen-bond acceptors (Lipinski definition) is 4. The smallest absolute Gasteiger partial charge is 0.255 e. The first-order chi connectivity index (χ1) is 17.7. The number of para-hydroxylation sites is 4. The summed E-state index contributed by atoms with van der Waals surface area (Å²) in [5, 5.41) is 8.54. The molecule has 0 bridgehead atoms. The van der Waals surface area contributed by atoms with E-state index in [9.17, 15) is 4.79 Å². The van der Waals surface area contributed by atoms with Gasteiger partial charge in [-0.2, -0.15) is 0 Å². The van der Waals surface area contributed by atoms with Crippen LogP contribution < -0.4 is 10.6 Å². The number of furan rings is 1.